The second-order valence-electron chi connectivity index (χ2n) is 3.17. The molecule has 0 N–H and O–H groups in total. The zero-order chi connectivity index (χ0) is 9.90. The third-order valence-corrected chi connectivity index (χ3v) is 3.76. The molecule has 1 aromatic carbocycles. The maximum Gasteiger partial charge on any atom is 0.302 e. The molecule has 0 unspecified atom stereocenters. The van der Waals surface area contributed by atoms with Crippen molar-refractivity contribution in [3.8, 4) is 6.57 Å². The van der Waals surface area contributed by atoms with Crippen molar-refractivity contribution in [2.45, 2.75) is 11.8 Å². The lowest BCUT2D eigenvalue weighted by molar-refractivity contribution is 1.37. The number of hydrogen-bond donors (Lipinski definition) is 0. The summed E-state index contributed by atoms with van der Waals surface area (Å²) < 4.78 is 0. The number of rotatable bonds is 2. The third-order valence-electron chi connectivity index (χ3n) is 1.84. The Bertz CT molecular complexity index is 418. The molecule has 0 aliphatic rings. The molecular formula is C11H14NS+. The van der Waals surface area contributed by atoms with Gasteiger partial charge in [0.05, 0.1) is 0 Å². The summed E-state index contributed by atoms with van der Waals surface area (Å²) in [6.07, 6.45) is 0. The molecule has 2 heteroatoms. The largest absolute Gasteiger partial charge is 0.302 e. The molecule has 1 aromatic rings. The molecule has 0 atom stereocenters. The fourth-order valence-electron chi connectivity index (χ4n) is 1.04. The summed E-state index contributed by atoms with van der Waals surface area (Å²) in [4.78, 5) is 4.76. The summed E-state index contributed by atoms with van der Waals surface area (Å²) in [5.41, 5.74) is 1.24. The van der Waals surface area contributed by atoms with Gasteiger partial charge in [0.1, 0.15) is 0 Å². The van der Waals surface area contributed by atoms with Crippen LogP contribution in [0.1, 0.15) is 5.56 Å². The Balaban J connectivity index is 3.11. The van der Waals surface area contributed by atoms with E-state index in [2.05, 4.69) is 47.8 Å². The molecule has 0 bridgehead atoms. The van der Waals surface area contributed by atoms with Gasteiger partial charge in [-0.05, 0) is 19.1 Å². The molecule has 0 saturated carbocycles. The van der Waals surface area contributed by atoms with E-state index in [-0.39, 0.29) is 0 Å². The predicted molar refractivity (Wildman–Crippen MR) is 64.4 cm³/mol. The molecule has 0 saturated heterocycles. The van der Waals surface area contributed by atoms with Crippen LogP contribution >= 0.6 is 9.21 Å². The monoisotopic (exact) mass is 192 g/mol. The van der Waals surface area contributed by atoms with E-state index in [1.54, 1.807) is 0 Å². The maximum absolute atomic E-state index is 5.15. The lowest BCUT2D eigenvalue weighted by atomic mass is 10.2. The molecule has 13 heavy (non-hydrogen) atoms. The lowest BCUT2D eigenvalue weighted by Crippen LogP contribution is -1.83. The Morgan fingerprint density at radius 1 is 1.31 bits per heavy atom. The molecule has 0 radical (unpaired) electrons. The van der Waals surface area contributed by atoms with Crippen LogP contribution in [0.15, 0.2) is 29.2 Å². The van der Waals surface area contributed by atoms with Crippen LogP contribution in [0.25, 0.3) is 4.85 Å². The van der Waals surface area contributed by atoms with Crippen molar-refractivity contribution in [2.24, 2.45) is 0 Å². The highest BCUT2D eigenvalue weighted by atomic mass is 32.2. The summed E-state index contributed by atoms with van der Waals surface area (Å²) in [6.45, 7) is 7.20. The first-order chi connectivity index (χ1) is 6.06. The number of hydrogen-bond acceptors (Lipinski definition) is 0. The van der Waals surface area contributed by atoms with Gasteiger partial charge in [-0.1, -0.05) is 34.3 Å². The molecule has 0 heterocycles. The molecule has 0 aromatic heterocycles. The van der Waals surface area contributed by atoms with E-state index >= 15 is 0 Å². The fourth-order valence-corrected chi connectivity index (χ4v) is 2.19. The van der Waals surface area contributed by atoms with E-state index < -0.39 is 9.21 Å². The summed E-state index contributed by atoms with van der Waals surface area (Å²) in [5.74, 6) is 8.64. The van der Waals surface area contributed by atoms with Crippen molar-refractivity contribution in [1.82, 2.24) is 0 Å². The minimum atomic E-state index is -1.32. The van der Waals surface area contributed by atoms with Gasteiger partial charge in [-0.25, -0.2) is 0 Å². The van der Waals surface area contributed by atoms with Gasteiger partial charge in [-0.15, -0.1) is 9.21 Å². The summed E-state index contributed by atoms with van der Waals surface area (Å²) in [7, 11) is -1.32. The van der Waals surface area contributed by atoms with E-state index in [0.29, 0.717) is 5.88 Å². The molecule has 1 nitrogen and oxygen atoms in total. The topological polar surface area (TPSA) is 4.36 Å². The predicted octanol–water partition coefficient (Wildman–Crippen LogP) is 2.94. The highest BCUT2D eigenvalue weighted by Crippen LogP contribution is 2.31. The van der Waals surface area contributed by atoms with Crippen LogP contribution < -0.4 is 0 Å². The second kappa shape index (κ2) is 3.68. The minimum absolute atomic E-state index is 0.524. The summed E-state index contributed by atoms with van der Waals surface area (Å²) in [6, 6.07) is 8.22. The number of benzene rings is 1. The second-order valence-corrected chi connectivity index (χ2v) is 5.99. The average Bonchev–Trinajstić information content (AvgIpc) is 2.05. The molecule has 0 fully saturated rings. The van der Waals surface area contributed by atoms with Crippen molar-refractivity contribution in [2.75, 3.05) is 5.88 Å². The van der Waals surface area contributed by atoms with Crippen molar-refractivity contribution >= 4 is 20.9 Å². The summed E-state index contributed by atoms with van der Waals surface area (Å²) in [5, 5.41) is 0. The van der Waals surface area contributed by atoms with Gasteiger partial charge < -0.3 is 0 Å². The van der Waals surface area contributed by atoms with Gasteiger partial charge in [0.15, 0.2) is 0 Å². The van der Waals surface area contributed by atoms with E-state index in [4.69, 9.17) is 6.57 Å². The first kappa shape index (κ1) is 9.88. The van der Waals surface area contributed by atoms with Crippen molar-refractivity contribution in [3.63, 3.8) is 0 Å². The Labute approximate surface area is 80.3 Å². The Morgan fingerprint density at radius 3 is 2.31 bits per heavy atom. The number of nitrogens with zero attached hydrogens (tertiary/aromatic N) is 1. The standard InChI is InChI=1S/C11H14NS/c1-10-5-7-11(8-6-10)13(3,4)9-12-2/h2,5-8H,3-4,9H2,1H3/q+1. The van der Waals surface area contributed by atoms with Gasteiger partial charge in [0.2, 0.25) is 0 Å². The molecule has 1 rings (SSSR count). The summed E-state index contributed by atoms with van der Waals surface area (Å²) >= 11 is 0. The molecule has 0 aliphatic carbocycles. The highest BCUT2D eigenvalue weighted by molar-refractivity contribution is 8.27. The average molecular weight is 192 g/mol. The Kier molecular flexibility index (Phi) is 2.79. The molecular weight excluding hydrogens is 178 g/mol. The zero-order valence-corrected chi connectivity index (χ0v) is 8.68. The normalized spacial score (nSPS) is 10.8. The minimum Gasteiger partial charge on any atom is -0.112 e. The van der Waals surface area contributed by atoms with Crippen molar-refractivity contribution < 1.29 is 0 Å². The number of aryl methyl sites for hydroxylation is 1. The highest BCUT2D eigenvalue weighted by Gasteiger charge is 2.04. The van der Waals surface area contributed by atoms with Crippen LogP contribution in [0.5, 0.6) is 0 Å². The molecule has 68 valence electrons. The van der Waals surface area contributed by atoms with Crippen molar-refractivity contribution in [3.05, 3.63) is 34.7 Å². The van der Waals surface area contributed by atoms with Crippen LogP contribution in [0.3, 0.4) is 0 Å². The van der Waals surface area contributed by atoms with Crippen LogP contribution in [-0.2, 0) is 0 Å². The van der Waals surface area contributed by atoms with Gasteiger partial charge in [-0.2, -0.15) is 0 Å². The SMILES string of the molecule is C#[N+]CS(=C)(=C)c1ccc(C)cc1. The first-order valence-corrected chi connectivity index (χ1v) is 6.11. The van der Waals surface area contributed by atoms with Gasteiger partial charge in [0.25, 0.3) is 6.57 Å². The van der Waals surface area contributed by atoms with Gasteiger partial charge >= 0.3 is 5.88 Å². The zero-order valence-electron chi connectivity index (χ0n) is 7.86. The lowest BCUT2D eigenvalue weighted by Gasteiger charge is -2.06. The van der Waals surface area contributed by atoms with E-state index in [1.807, 2.05) is 0 Å². The quantitative estimate of drug-likeness (QED) is 0.635. The van der Waals surface area contributed by atoms with Crippen molar-refractivity contribution in [1.29, 1.82) is 0 Å². The molecule has 0 aliphatic heterocycles. The van der Waals surface area contributed by atoms with Gasteiger partial charge in [0, 0.05) is 4.90 Å². The van der Waals surface area contributed by atoms with E-state index in [1.165, 1.54) is 5.56 Å². The first-order valence-electron chi connectivity index (χ1n) is 3.97. The smallest absolute Gasteiger partial charge is 0.112 e. The Morgan fingerprint density at radius 2 is 1.85 bits per heavy atom. The van der Waals surface area contributed by atoms with Crippen LogP contribution in [0.2, 0.25) is 0 Å². The maximum atomic E-state index is 5.15. The van der Waals surface area contributed by atoms with Crippen LogP contribution in [0, 0.1) is 13.5 Å². The Hall–Kier alpha value is -1.20. The molecule has 0 amide bonds. The van der Waals surface area contributed by atoms with Crippen LogP contribution in [-0.4, -0.2) is 17.6 Å². The third kappa shape index (κ3) is 2.37. The van der Waals surface area contributed by atoms with Gasteiger partial charge in [-0.3, -0.25) is 0 Å². The fraction of sp³-hybridized carbons (Fsp3) is 0.182. The van der Waals surface area contributed by atoms with E-state index in [9.17, 15) is 0 Å². The van der Waals surface area contributed by atoms with E-state index in [0.717, 1.165) is 4.90 Å². The van der Waals surface area contributed by atoms with Crippen LogP contribution in [0.4, 0.5) is 0 Å². The molecule has 0 spiro atoms.